The molecule has 0 heterocycles. The molecule has 1 N–H and O–H groups in total. The van der Waals surface area contributed by atoms with Gasteiger partial charge in [-0.25, -0.2) is 0 Å². The number of nitrogens with one attached hydrogen (secondary N) is 1. The number of benzene rings is 1. The van der Waals surface area contributed by atoms with Gasteiger partial charge in [-0.3, -0.25) is 0 Å². The Hall–Kier alpha value is -1.02. The predicted molar refractivity (Wildman–Crippen MR) is 80.6 cm³/mol. The number of ether oxygens (including phenoxy) is 1. The highest BCUT2D eigenvalue weighted by Crippen LogP contribution is 2.37. The lowest BCUT2D eigenvalue weighted by atomic mass is 9.88. The topological polar surface area (TPSA) is 21.3 Å². The Balaban J connectivity index is 1.95. The number of methoxy groups -OCH3 is 1. The molecule has 1 atom stereocenters. The van der Waals surface area contributed by atoms with Gasteiger partial charge in [0.2, 0.25) is 0 Å². The molecule has 0 saturated heterocycles. The van der Waals surface area contributed by atoms with Crippen molar-refractivity contribution in [2.24, 2.45) is 5.41 Å². The van der Waals surface area contributed by atoms with Crippen LogP contribution in [0.15, 0.2) is 24.3 Å². The molecule has 1 aliphatic carbocycles. The van der Waals surface area contributed by atoms with Crippen LogP contribution in [0.2, 0.25) is 0 Å². The maximum Gasteiger partial charge on any atom is 0.118 e. The van der Waals surface area contributed by atoms with Gasteiger partial charge in [-0.2, -0.15) is 0 Å². The fourth-order valence-electron chi connectivity index (χ4n) is 3.11. The Kier molecular flexibility index (Phi) is 4.87. The molecular weight excluding hydrogens is 234 g/mol. The zero-order chi connectivity index (χ0) is 13.7. The molecule has 0 aliphatic heterocycles. The molecule has 0 amide bonds. The Bertz CT molecular complexity index is 379. The molecule has 1 unspecified atom stereocenters. The second-order valence-electron chi connectivity index (χ2n) is 6.13. The van der Waals surface area contributed by atoms with Crippen LogP contribution in [0.3, 0.4) is 0 Å². The molecule has 2 nitrogen and oxygen atoms in total. The van der Waals surface area contributed by atoms with Gasteiger partial charge in [-0.1, -0.05) is 38.8 Å². The van der Waals surface area contributed by atoms with Crippen molar-refractivity contribution in [2.75, 3.05) is 13.7 Å². The van der Waals surface area contributed by atoms with Gasteiger partial charge in [0.1, 0.15) is 5.75 Å². The summed E-state index contributed by atoms with van der Waals surface area (Å²) in [6, 6.07) is 8.92. The highest BCUT2D eigenvalue weighted by Gasteiger charge is 2.28. The Morgan fingerprint density at radius 1 is 1.21 bits per heavy atom. The third-order valence-corrected chi connectivity index (χ3v) is 4.51. The normalized spacial score (nSPS) is 19.3. The summed E-state index contributed by atoms with van der Waals surface area (Å²) in [6.45, 7) is 5.81. The van der Waals surface area contributed by atoms with E-state index < -0.39 is 0 Å². The first kappa shape index (κ1) is 14.4. The summed E-state index contributed by atoms with van der Waals surface area (Å²) in [4.78, 5) is 0. The van der Waals surface area contributed by atoms with Gasteiger partial charge < -0.3 is 10.1 Å². The maximum absolute atomic E-state index is 5.22. The van der Waals surface area contributed by atoms with E-state index in [2.05, 4.69) is 43.4 Å². The van der Waals surface area contributed by atoms with Crippen molar-refractivity contribution in [2.45, 2.75) is 52.0 Å². The van der Waals surface area contributed by atoms with E-state index in [0.717, 1.165) is 18.7 Å². The molecule has 0 aromatic heterocycles. The maximum atomic E-state index is 5.22. The molecule has 1 aromatic rings. The van der Waals surface area contributed by atoms with Gasteiger partial charge >= 0.3 is 0 Å². The SMILES string of the molecule is CCC(NCC1(C)CCCC1)c1ccc(OC)cc1. The molecule has 106 valence electrons. The second-order valence-corrected chi connectivity index (χ2v) is 6.13. The quantitative estimate of drug-likeness (QED) is 0.823. The number of hydrogen-bond donors (Lipinski definition) is 1. The van der Waals surface area contributed by atoms with Gasteiger partial charge in [0.15, 0.2) is 0 Å². The Morgan fingerprint density at radius 2 is 1.84 bits per heavy atom. The molecule has 1 aliphatic rings. The van der Waals surface area contributed by atoms with Crippen LogP contribution < -0.4 is 10.1 Å². The molecule has 19 heavy (non-hydrogen) atoms. The highest BCUT2D eigenvalue weighted by atomic mass is 16.5. The van der Waals surface area contributed by atoms with E-state index >= 15 is 0 Å². The van der Waals surface area contributed by atoms with Gasteiger partial charge in [-0.15, -0.1) is 0 Å². The van der Waals surface area contributed by atoms with Gasteiger partial charge in [-0.05, 0) is 42.4 Å². The van der Waals surface area contributed by atoms with Crippen molar-refractivity contribution in [3.8, 4) is 5.75 Å². The van der Waals surface area contributed by atoms with Crippen LogP contribution in [0.4, 0.5) is 0 Å². The minimum atomic E-state index is 0.461. The molecule has 0 radical (unpaired) electrons. The molecule has 1 saturated carbocycles. The van der Waals surface area contributed by atoms with E-state index in [0.29, 0.717) is 11.5 Å². The predicted octanol–water partition coefficient (Wildman–Crippen LogP) is 4.32. The zero-order valence-electron chi connectivity index (χ0n) is 12.5. The van der Waals surface area contributed by atoms with Crippen LogP contribution in [0, 0.1) is 5.41 Å². The van der Waals surface area contributed by atoms with Crippen LogP contribution >= 0.6 is 0 Å². The monoisotopic (exact) mass is 261 g/mol. The zero-order valence-corrected chi connectivity index (χ0v) is 12.5. The largest absolute Gasteiger partial charge is 0.497 e. The summed E-state index contributed by atoms with van der Waals surface area (Å²) < 4.78 is 5.22. The Labute approximate surface area is 117 Å². The molecule has 1 fully saturated rings. The van der Waals surface area contributed by atoms with Crippen LogP contribution in [0.1, 0.15) is 57.6 Å². The van der Waals surface area contributed by atoms with Crippen LogP contribution in [0.25, 0.3) is 0 Å². The summed E-state index contributed by atoms with van der Waals surface area (Å²) in [6.07, 6.45) is 6.68. The second kappa shape index (κ2) is 6.42. The van der Waals surface area contributed by atoms with E-state index in [9.17, 15) is 0 Å². The molecule has 2 rings (SSSR count). The molecule has 0 spiro atoms. The summed E-state index contributed by atoms with van der Waals surface area (Å²) >= 11 is 0. The van der Waals surface area contributed by atoms with E-state index in [4.69, 9.17) is 4.74 Å². The van der Waals surface area contributed by atoms with Gasteiger partial charge in [0.25, 0.3) is 0 Å². The third kappa shape index (κ3) is 3.73. The minimum Gasteiger partial charge on any atom is -0.497 e. The number of hydrogen-bond acceptors (Lipinski definition) is 2. The van der Waals surface area contributed by atoms with Crippen molar-refractivity contribution in [1.82, 2.24) is 5.32 Å². The summed E-state index contributed by atoms with van der Waals surface area (Å²) in [7, 11) is 1.71. The fourth-order valence-corrected chi connectivity index (χ4v) is 3.11. The average molecular weight is 261 g/mol. The highest BCUT2D eigenvalue weighted by molar-refractivity contribution is 5.29. The van der Waals surface area contributed by atoms with E-state index in [-0.39, 0.29) is 0 Å². The molecular formula is C17H27NO. The van der Waals surface area contributed by atoms with Crippen molar-refractivity contribution < 1.29 is 4.74 Å². The van der Waals surface area contributed by atoms with Crippen molar-refractivity contribution >= 4 is 0 Å². The smallest absolute Gasteiger partial charge is 0.118 e. The molecule has 1 aromatic carbocycles. The number of rotatable bonds is 6. The first-order valence-electron chi connectivity index (χ1n) is 7.54. The lowest BCUT2D eigenvalue weighted by Crippen LogP contribution is -2.32. The van der Waals surface area contributed by atoms with Gasteiger partial charge in [0.05, 0.1) is 7.11 Å². The molecule has 0 bridgehead atoms. The lowest BCUT2D eigenvalue weighted by Gasteiger charge is -2.27. The standard InChI is InChI=1S/C17H27NO/c1-4-16(14-7-9-15(19-3)10-8-14)18-13-17(2)11-5-6-12-17/h7-10,16,18H,4-6,11-13H2,1-3H3. The lowest BCUT2D eigenvalue weighted by molar-refractivity contribution is 0.295. The van der Waals surface area contributed by atoms with Crippen LogP contribution in [0.5, 0.6) is 5.75 Å². The summed E-state index contributed by atoms with van der Waals surface area (Å²) in [5.74, 6) is 0.932. The summed E-state index contributed by atoms with van der Waals surface area (Å²) in [5, 5.41) is 3.76. The molecule has 2 heteroatoms. The first-order valence-corrected chi connectivity index (χ1v) is 7.54. The van der Waals surface area contributed by atoms with Gasteiger partial charge in [0, 0.05) is 12.6 Å². The van der Waals surface area contributed by atoms with E-state index in [1.807, 2.05) is 0 Å². The van der Waals surface area contributed by atoms with Crippen molar-refractivity contribution in [1.29, 1.82) is 0 Å². The van der Waals surface area contributed by atoms with Crippen molar-refractivity contribution in [3.05, 3.63) is 29.8 Å². The van der Waals surface area contributed by atoms with E-state index in [1.54, 1.807) is 7.11 Å². The van der Waals surface area contributed by atoms with Crippen molar-refractivity contribution in [3.63, 3.8) is 0 Å². The van der Waals surface area contributed by atoms with E-state index in [1.165, 1.54) is 31.2 Å². The Morgan fingerprint density at radius 3 is 2.37 bits per heavy atom. The average Bonchev–Trinajstić information content (AvgIpc) is 2.87. The van der Waals surface area contributed by atoms with Crippen LogP contribution in [-0.4, -0.2) is 13.7 Å². The third-order valence-electron chi connectivity index (χ3n) is 4.51. The minimum absolute atomic E-state index is 0.461. The summed E-state index contributed by atoms with van der Waals surface area (Å²) in [5.41, 5.74) is 1.88. The fraction of sp³-hybridized carbons (Fsp3) is 0.647. The first-order chi connectivity index (χ1) is 9.17. The van der Waals surface area contributed by atoms with Crippen LogP contribution in [-0.2, 0) is 0 Å².